The van der Waals surface area contributed by atoms with E-state index in [2.05, 4.69) is 0 Å². The summed E-state index contributed by atoms with van der Waals surface area (Å²) in [6.45, 7) is 15.0. The van der Waals surface area contributed by atoms with Gasteiger partial charge in [-0.2, -0.15) is 0 Å². The van der Waals surface area contributed by atoms with Gasteiger partial charge >= 0.3 is 15.2 Å². The zero-order valence-corrected chi connectivity index (χ0v) is 19.0. The van der Waals surface area contributed by atoms with Crippen molar-refractivity contribution in [2.75, 3.05) is 5.90 Å². The van der Waals surface area contributed by atoms with Crippen molar-refractivity contribution in [1.29, 1.82) is 0 Å². The Morgan fingerprint density at radius 3 is 0.920 bits per heavy atom. The fourth-order valence-electron chi connectivity index (χ4n) is 1.79. The lowest BCUT2D eigenvalue weighted by atomic mass is 10.3. The molecule has 0 aromatic rings. The van der Waals surface area contributed by atoms with Crippen LogP contribution < -0.4 is 0 Å². The molecule has 0 aliphatic rings. The second kappa shape index (κ2) is 11.9. The first kappa shape index (κ1) is 25.3. The van der Waals surface area contributed by atoms with Gasteiger partial charge in [0.1, 0.15) is 0 Å². The molecule has 0 aromatic heterocycles. The highest BCUT2D eigenvalue weighted by Crippen LogP contribution is 2.66. The van der Waals surface area contributed by atoms with Crippen LogP contribution in [-0.2, 0) is 27.2 Å². The molecule has 0 spiro atoms. The average Bonchev–Trinajstić information content (AvgIpc) is 2.52. The molecule has 4 atom stereocenters. The number of hydrogen-bond donors (Lipinski definition) is 0. The first-order valence-electron chi connectivity index (χ1n) is 9.44. The predicted octanol–water partition coefficient (Wildman–Crippen LogP) is 6.59. The lowest BCUT2D eigenvalue weighted by molar-refractivity contribution is 0.113. The second-order valence-corrected chi connectivity index (χ2v) is 11.1. The van der Waals surface area contributed by atoms with Crippen molar-refractivity contribution in [3.8, 4) is 0 Å². The molecule has 0 amide bonds. The summed E-state index contributed by atoms with van der Waals surface area (Å²) in [4.78, 5) is 0. The van der Waals surface area contributed by atoms with Crippen molar-refractivity contribution in [1.82, 2.24) is 0 Å². The van der Waals surface area contributed by atoms with Crippen molar-refractivity contribution >= 4 is 15.2 Å². The second-order valence-electron chi connectivity index (χ2n) is 6.66. The quantitative estimate of drug-likeness (QED) is 0.306. The molecule has 0 N–H and O–H groups in total. The topological polar surface area (TPSA) is 71.1 Å². The van der Waals surface area contributed by atoms with Crippen LogP contribution in [0.15, 0.2) is 0 Å². The Balaban J connectivity index is 5.54. The Bertz CT molecular complexity index is 384. The molecule has 8 heteroatoms. The van der Waals surface area contributed by atoms with E-state index < -0.39 is 15.2 Å². The Hall–Kier alpha value is 0.300. The van der Waals surface area contributed by atoms with E-state index in [0.717, 1.165) is 0 Å². The summed E-state index contributed by atoms with van der Waals surface area (Å²) in [6.07, 6.45) is 1.64. The molecule has 0 rings (SSSR count). The van der Waals surface area contributed by atoms with Gasteiger partial charge < -0.3 is 18.1 Å². The van der Waals surface area contributed by atoms with Crippen LogP contribution in [0.25, 0.3) is 0 Å². The van der Waals surface area contributed by atoms with E-state index >= 15 is 0 Å². The fraction of sp³-hybridized carbons (Fsp3) is 1.00. The lowest BCUT2D eigenvalue weighted by Gasteiger charge is -2.30. The van der Waals surface area contributed by atoms with E-state index in [0.29, 0.717) is 25.7 Å². The SMILES string of the molecule is CCC(C)OP(=O)(CP(=O)(OC(C)CC)OC(C)CC)OC(C)CC. The zero-order valence-electron chi connectivity index (χ0n) is 17.2. The maximum absolute atomic E-state index is 13.3. The molecule has 0 aromatic carbocycles. The Morgan fingerprint density at radius 2 is 0.760 bits per heavy atom. The van der Waals surface area contributed by atoms with Gasteiger partial charge in [0.25, 0.3) is 0 Å². The zero-order chi connectivity index (χ0) is 19.7. The van der Waals surface area contributed by atoms with Crippen molar-refractivity contribution in [2.24, 2.45) is 0 Å². The van der Waals surface area contributed by atoms with Crippen LogP contribution in [0.5, 0.6) is 0 Å². The summed E-state index contributed by atoms with van der Waals surface area (Å²) in [7, 11) is -7.27. The minimum atomic E-state index is -3.63. The number of hydrogen-bond acceptors (Lipinski definition) is 6. The molecule has 0 saturated carbocycles. The van der Waals surface area contributed by atoms with E-state index in [1.165, 1.54) is 0 Å². The largest absolute Gasteiger partial charge is 0.343 e. The van der Waals surface area contributed by atoms with Gasteiger partial charge in [-0.15, -0.1) is 0 Å². The summed E-state index contributed by atoms with van der Waals surface area (Å²) < 4.78 is 49.4. The Labute approximate surface area is 154 Å². The van der Waals surface area contributed by atoms with Gasteiger partial charge in [-0.25, -0.2) is 0 Å². The van der Waals surface area contributed by atoms with Gasteiger partial charge in [-0.3, -0.25) is 9.13 Å². The highest BCUT2D eigenvalue weighted by molar-refractivity contribution is 7.71. The van der Waals surface area contributed by atoms with Crippen LogP contribution in [0.3, 0.4) is 0 Å². The van der Waals surface area contributed by atoms with E-state index in [9.17, 15) is 9.13 Å². The van der Waals surface area contributed by atoms with Gasteiger partial charge in [0.2, 0.25) is 0 Å². The van der Waals surface area contributed by atoms with E-state index in [1.807, 2.05) is 55.4 Å². The molecule has 152 valence electrons. The molecule has 0 fully saturated rings. The monoisotopic (exact) mass is 400 g/mol. The first-order chi connectivity index (χ1) is 11.5. The van der Waals surface area contributed by atoms with Gasteiger partial charge in [0.15, 0.2) is 5.90 Å². The highest BCUT2D eigenvalue weighted by Gasteiger charge is 2.42. The molecule has 25 heavy (non-hydrogen) atoms. The normalized spacial score (nSPS) is 21.8. The van der Waals surface area contributed by atoms with Crippen molar-refractivity contribution in [2.45, 2.75) is 105 Å². The minimum absolute atomic E-state index is 0.268. The summed E-state index contributed by atoms with van der Waals surface area (Å²) >= 11 is 0. The lowest BCUT2D eigenvalue weighted by Crippen LogP contribution is -2.18. The summed E-state index contributed by atoms with van der Waals surface area (Å²) in [5.41, 5.74) is 0. The fourth-order valence-corrected chi connectivity index (χ4v) is 7.44. The maximum Gasteiger partial charge on any atom is 0.343 e. The van der Waals surface area contributed by atoms with Gasteiger partial charge in [0, 0.05) is 0 Å². The Kier molecular flexibility index (Phi) is 12.0. The molecule has 0 radical (unpaired) electrons. The van der Waals surface area contributed by atoms with E-state index in [-0.39, 0.29) is 30.3 Å². The molecule has 0 aliphatic heterocycles. The average molecular weight is 400 g/mol. The van der Waals surface area contributed by atoms with Gasteiger partial charge in [-0.1, -0.05) is 27.7 Å². The summed E-state index contributed by atoms with van der Waals surface area (Å²) in [5, 5.41) is 0. The molecule has 4 unspecified atom stereocenters. The van der Waals surface area contributed by atoms with Crippen LogP contribution >= 0.6 is 15.2 Å². The third-order valence-electron chi connectivity index (χ3n) is 4.01. The van der Waals surface area contributed by atoms with Crippen LogP contribution in [-0.4, -0.2) is 30.3 Å². The molecular formula is C17H38O6P2. The predicted molar refractivity (Wildman–Crippen MR) is 103 cm³/mol. The number of rotatable bonds is 14. The van der Waals surface area contributed by atoms with Crippen LogP contribution in [0.1, 0.15) is 81.1 Å². The summed E-state index contributed by atoms with van der Waals surface area (Å²) in [5.74, 6) is -0.358. The van der Waals surface area contributed by atoms with Crippen LogP contribution in [0, 0.1) is 0 Å². The van der Waals surface area contributed by atoms with Gasteiger partial charge in [0.05, 0.1) is 24.4 Å². The molecule has 0 saturated heterocycles. The maximum atomic E-state index is 13.3. The molecule has 0 bridgehead atoms. The standard InChI is InChI=1S/C17H38O6P2/c1-9-14(5)20-24(18,21-15(6)10-2)13-25(19,22-16(7)11-3)23-17(8)12-4/h14-17H,9-13H2,1-8H3. The highest BCUT2D eigenvalue weighted by atomic mass is 31.2. The Morgan fingerprint density at radius 1 is 0.560 bits per heavy atom. The van der Waals surface area contributed by atoms with E-state index in [1.54, 1.807) is 0 Å². The minimum Gasteiger partial charge on any atom is -0.305 e. The molecular weight excluding hydrogens is 362 g/mol. The van der Waals surface area contributed by atoms with Crippen molar-refractivity contribution in [3.63, 3.8) is 0 Å². The van der Waals surface area contributed by atoms with Crippen molar-refractivity contribution < 1.29 is 27.2 Å². The smallest absolute Gasteiger partial charge is 0.305 e. The van der Waals surface area contributed by atoms with E-state index in [4.69, 9.17) is 18.1 Å². The third-order valence-corrected chi connectivity index (χ3v) is 9.50. The molecule has 6 nitrogen and oxygen atoms in total. The molecule has 0 aliphatic carbocycles. The first-order valence-corrected chi connectivity index (χ1v) is 12.9. The molecule has 0 heterocycles. The van der Waals surface area contributed by atoms with Crippen LogP contribution in [0.2, 0.25) is 0 Å². The van der Waals surface area contributed by atoms with Crippen molar-refractivity contribution in [3.05, 3.63) is 0 Å². The van der Waals surface area contributed by atoms with Crippen LogP contribution in [0.4, 0.5) is 0 Å². The van der Waals surface area contributed by atoms with Gasteiger partial charge in [-0.05, 0) is 53.4 Å². The third kappa shape index (κ3) is 10.3. The summed E-state index contributed by atoms with van der Waals surface area (Å²) in [6, 6.07) is 0.